The minimum Gasteiger partial charge on any atom is -0.397 e. The number of methoxy groups -OCH3 is 1. The second-order valence-electron chi connectivity index (χ2n) is 4.25. The van der Waals surface area contributed by atoms with Gasteiger partial charge in [0.05, 0.1) is 22.7 Å². The summed E-state index contributed by atoms with van der Waals surface area (Å²) in [6, 6.07) is 2.85. The van der Waals surface area contributed by atoms with Crippen molar-refractivity contribution in [3.8, 4) is 0 Å². The molecule has 0 radical (unpaired) electrons. The van der Waals surface area contributed by atoms with Gasteiger partial charge in [-0.05, 0) is 30.4 Å². The third kappa shape index (κ3) is 6.26. The van der Waals surface area contributed by atoms with Gasteiger partial charge in [0.1, 0.15) is 0 Å². The molecule has 0 aliphatic heterocycles. The molecule has 0 saturated heterocycles. The van der Waals surface area contributed by atoms with Crippen molar-refractivity contribution in [2.45, 2.75) is 12.6 Å². The first-order valence-electron chi connectivity index (χ1n) is 6.18. The highest BCUT2D eigenvalue weighted by molar-refractivity contribution is 7.99. The van der Waals surface area contributed by atoms with Crippen molar-refractivity contribution in [2.24, 2.45) is 0 Å². The van der Waals surface area contributed by atoms with Gasteiger partial charge in [-0.2, -0.15) is 24.9 Å². The lowest BCUT2D eigenvalue weighted by molar-refractivity contribution is -0.137. The molecule has 0 bridgehead atoms. The first-order valence-corrected chi connectivity index (χ1v) is 7.33. The second-order valence-corrected chi connectivity index (χ2v) is 5.35. The first-order chi connectivity index (χ1) is 9.84. The molecule has 0 unspecified atom stereocenters. The van der Waals surface area contributed by atoms with Crippen LogP contribution in [0.5, 0.6) is 0 Å². The zero-order valence-corrected chi connectivity index (χ0v) is 12.3. The van der Waals surface area contributed by atoms with Crippen molar-refractivity contribution in [1.82, 2.24) is 0 Å². The number of nitrogens with two attached hydrogens (primary N) is 1. The maximum Gasteiger partial charge on any atom is 0.416 e. The highest BCUT2D eigenvalue weighted by Crippen LogP contribution is 2.32. The smallest absolute Gasteiger partial charge is 0.397 e. The molecule has 4 nitrogen and oxygen atoms in total. The van der Waals surface area contributed by atoms with Crippen LogP contribution < -0.4 is 11.1 Å². The fraction of sp³-hybridized carbons (Fsp3) is 0.462. The van der Waals surface area contributed by atoms with E-state index in [-0.39, 0.29) is 23.0 Å². The summed E-state index contributed by atoms with van der Waals surface area (Å²) in [4.78, 5) is 11.6. The number of hydrogen-bond acceptors (Lipinski definition) is 4. The van der Waals surface area contributed by atoms with Gasteiger partial charge in [-0.3, -0.25) is 4.79 Å². The SMILES string of the molecule is COCCCSCC(=O)Nc1ccc(C(F)(F)F)cc1N. The zero-order valence-electron chi connectivity index (χ0n) is 11.5. The topological polar surface area (TPSA) is 64.3 Å². The molecule has 1 aromatic carbocycles. The fourth-order valence-electron chi connectivity index (χ4n) is 1.51. The Morgan fingerprint density at radius 1 is 1.43 bits per heavy atom. The predicted molar refractivity (Wildman–Crippen MR) is 78.3 cm³/mol. The number of hydrogen-bond donors (Lipinski definition) is 2. The Balaban J connectivity index is 2.49. The Bertz CT molecular complexity index is 481. The van der Waals surface area contributed by atoms with Gasteiger partial charge in [0, 0.05) is 13.7 Å². The van der Waals surface area contributed by atoms with Gasteiger partial charge in [-0.15, -0.1) is 0 Å². The number of halogens is 3. The number of anilines is 2. The van der Waals surface area contributed by atoms with E-state index >= 15 is 0 Å². The van der Waals surface area contributed by atoms with E-state index < -0.39 is 11.7 Å². The van der Waals surface area contributed by atoms with Crippen molar-refractivity contribution in [1.29, 1.82) is 0 Å². The van der Waals surface area contributed by atoms with Crippen LogP contribution in [0.4, 0.5) is 24.5 Å². The van der Waals surface area contributed by atoms with Crippen LogP contribution in [0.15, 0.2) is 18.2 Å². The lowest BCUT2D eigenvalue weighted by Gasteiger charge is -2.11. The highest BCUT2D eigenvalue weighted by atomic mass is 32.2. The van der Waals surface area contributed by atoms with Gasteiger partial charge in [0.25, 0.3) is 0 Å². The van der Waals surface area contributed by atoms with E-state index in [1.54, 1.807) is 7.11 Å². The molecule has 1 amide bonds. The van der Waals surface area contributed by atoms with Crippen LogP contribution in [0.25, 0.3) is 0 Å². The second kappa shape index (κ2) is 8.14. The molecule has 0 aliphatic rings. The summed E-state index contributed by atoms with van der Waals surface area (Å²) in [5, 5.41) is 2.50. The van der Waals surface area contributed by atoms with Crippen LogP contribution >= 0.6 is 11.8 Å². The van der Waals surface area contributed by atoms with E-state index in [9.17, 15) is 18.0 Å². The summed E-state index contributed by atoms with van der Waals surface area (Å²) >= 11 is 1.42. The van der Waals surface area contributed by atoms with Gasteiger partial charge in [0.15, 0.2) is 0 Å². The Labute approximate surface area is 125 Å². The number of carbonyl (C=O) groups excluding carboxylic acids is 1. The van der Waals surface area contributed by atoms with E-state index in [2.05, 4.69) is 5.32 Å². The molecular weight excluding hydrogens is 305 g/mol. The van der Waals surface area contributed by atoms with Crippen LogP contribution in [0.3, 0.4) is 0 Å². The molecule has 0 atom stereocenters. The van der Waals surface area contributed by atoms with E-state index in [1.807, 2.05) is 0 Å². The van der Waals surface area contributed by atoms with Crippen molar-refractivity contribution in [3.05, 3.63) is 23.8 Å². The number of alkyl halides is 3. The van der Waals surface area contributed by atoms with Crippen LogP contribution in [-0.2, 0) is 15.7 Å². The summed E-state index contributed by atoms with van der Waals surface area (Å²) < 4.78 is 42.3. The van der Waals surface area contributed by atoms with E-state index in [0.717, 1.165) is 30.4 Å². The minimum atomic E-state index is -4.45. The monoisotopic (exact) mass is 322 g/mol. The average molecular weight is 322 g/mol. The number of nitrogen functional groups attached to an aromatic ring is 1. The van der Waals surface area contributed by atoms with Gasteiger partial charge in [-0.1, -0.05) is 0 Å². The van der Waals surface area contributed by atoms with Crippen molar-refractivity contribution in [2.75, 3.05) is 36.3 Å². The predicted octanol–water partition coefficient (Wildman–Crippen LogP) is 3.00. The summed E-state index contributed by atoms with van der Waals surface area (Å²) in [6.07, 6.45) is -3.62. The molecule has 3 N–H and O–H groups in total. The molecule has 21 heavy (non-hydrogen) atoms. The van der Waals surface area contributed by atoms with Crippen LogP contribution in [0, 0.1) is 0 Å². The molecule has 8 heteroatoms. The summed E-state index contributed by atoms with van der Waals surface area (Å²) in [7, 11) is 1.60. The maximum absolute atomic E-state index is 12.5. The molecule has 0 saturated carbocycles. The van der Waals surface area contributed by atoms with Crippen molar-refractivity contribution >= 4 is 29.0 Å². The third-order valence-electron chi connectivity index (χ3n) is 2.52. The van der Waals surface area contributed by atoms with Gasteiger partial charge in [0.2, 0.25) is 5.91 Å². The van der Waals surface area contributed by atoms with E-state index in [4.69, 9.17) is 10.5 Å². The number of thioether (sulfide) groups is 1. The average Bonchev–Trinajstić information content (AvgIpc) is 2.39. The van der Waals surface area contributed by atoms with E-state index in [0.29, 0.717) is 6.61 Å². The standard InChI is InChI=1S/C13H17F3N2O2S/c1-20-5-2-6-21-8-12(19)18-11-4-3-9(7-10(11)17)13(14,15)16/h3-4,7H,2,5-6,8,17H2,1H3,(H,18,19). The minimum absolute atomic E-state index is 0.109. The number of ether oxygens (including phenoxy) is 1. The molecule has 1 rings (SSSR count). The molecule has 0 spiro atoms. The number of nitrogens with one attached hydrogen (secondary N) is 1. The molecule has 0 aliphatic carbocycles. The third-order valence-corrected chi connectivity index (χ3v) is 3.57. The molecule has 118 valence electrons. The normalized spacial score (nSPS) is 11.4. The van der Waals surface area contributed by atoms with Crippen molar-refractivity contribution < 1.29 is 22.7 Å². The molecule has 0 fully saturated rings. The van der Waals surface area contributed by atoms with Crippen molar-refractivity contribution in [3.63, 3.8) is 0 Å². The molecular formula is C13H17F3N2O2S. The van der Waals surface area contributed by atoms with E-state index in [1.165, 1.54) is 11.8 Å². The number of rotatable bonds is 7. The first kappa shape index (κ1) is 17.6. The summed E-state index contributed by atoms with van der Waals surface area (Å²) in [5.41, 5.74) is 4.76. The van der Waals surface area contributed by atoms with Crippen LogP contribution in [0.1, 0.15) is 12.0 Å². The Kier molecular flexibility index (Phi) is 6.83. The Hall–Kier alpha value is -1.41. The maximum atomic E-state index is 12.5. The number of amides is 1. The van der Waals surface area contributed by atoms with Gasteiger partial charge in [-0.25, -0.2) is 0 Å². The van der Waals surface area contributed by atoms with Gasteiger partial charge >= 0.3 is 6.18 Å². The lowest BCUT2D eigenvalue weighted by atomic mass is 10.1. The molecule has 0 heterocycles. The Morgan fingerprint density at radius 2 is 2.14 bits per heavy atom. The van der Waals surface area contributed by atoms with Crippen LogP contribution in [0.2, 0.25) is 0 Å². The zero-order chi connectivity index (χ0) is 15.9. The quantitative estimate of drug-likeness (QED) is 0.598. The number of carbonyl (C=O) groups is 1. The highest BCUT2D eigenvalue weighted by Gasteiger charge is 2.30. The fourth-order valence-corrected chi connectivity index (χ4v) is 2.23. The largest absolute Gasteiger partial charge is 0.416 e. The molecule has 1 aromatic rings. The summed E-state index contributed by atoms with van der Waals surface area (Å²) in [5.74, 6) is 0.678. The van der Waals surface area contributed by atoms with Crippen LogP contribution in [-0.4, -0.2) is 31.1 Å². The molecule has 0 aromatic heterocycles. The summed E-state index contributed by atoms with van der Waals surface area (Å²) in [6.45, 7) is 0.625. The lowest BCUT2D eigenvalue weighted by Crippen LogP contribution is -2.16. The Morgan fingerprint density at radius 3 is 2.71 bits per heavy atom. The number of benzene rings is 1. The van der Waals surface area contributed by atoms with Gasteiger partial charge < -0.3 is 15.8 Å².